The Morgan fingerprint density at radius 3 is 3.06 bits per heavy atom. The zero-order chi connectivity index (χ0) is 11.5. The maximum atomic E-state index is 5.78. The standard InChI is InChI=1S/C9H13N5O2/c1-14-7(3-4-11-14)9-12-8(13-16-9)6(10)5-15-2/h3-4,6H,5,10H2,1-2H3. The monoisotopic (exact) mass is 223 g/mol. The zero-order valence-electron chi connectivity index (χ0n) is 9.12. The van der Waals surface area contributed by atoms with Crippen LogP contribution in [0.2, 0.25) is 0 Å². The molecule has 0 bridgehead atoms. The third-order valence-electron chi connectivity index (χ3n) is 2.16. The number of aryl methyl sites for hydroxylation is 1. The van der Waals surface area contributed by atoms with E-state index in [1.807, 2.05) is 0 Å². The molecular formula is C9H13N5O2. The highest BCUT2D eigenvalue weighted by molar-refractivity contribution is 5.45. The van der Waals surface area contributed by atoms with Crippen molar-refractivity contribution >= 4 is 0 Å². The molecule has 0 amide bonds. The molecule has 2 heterocycles. The largest absolute Gasteiger partial charge is 0.383 e. The van der Waals surface area contributed by atoms with E-state index in [-0.39, 0.29) is 6.04 Å². The lowest BCUT2D eigenvalue weighted by molar-refractivity contribution is 0.177. The van der Waals surface area contributed by atoms with Gasteiger partial charge in [-0.25, -0.2) is 0 Å². The molecule has 0 saturated carbocycles. The molecule has 16 heavy (non-hydrogen) atoms. The molecule has 0 aliphatic carbocycles. The van der Waals surface area contributed by atoms with Crippen molar-refractivity contribution in [2.45, 2.75) is 6.04 Å². The Bertz CT molecular complexity index is 464. The van der Waals surface area contributed by atoms with Crippen LogP contribution in [0.15, 0.2) is 16.8 Å². The van der Waals surface area contributed by atoms with Gasteiger partial charge in [0, 0.05) is 20.4 Å². The zero-order valence-corrected chi connectivity index (χ0v) is 9.12. The molecule has 2 N–H and O–H groups in total. The van der Waals surface area contributed by atoms with Crippen LogP contribution in [0, 0.1) is 0 Å². The Hall–Kier alpha value is -1.73. The molecule has 2 rings (SSSR count). The normalized spacial score (nSPS) is 12.9. The molecule has 86 valence electrons. The number of nitrogens with two attached hydrogens (primary N) is 1. The minimum absolute atomic E-state index is 0.352. The van der Waals surface area contributed by atoms with Crippen LogP contribution in [0.25, 0.3) is 11.6 Å². The minimum atomic E-state index is -0.379. The van der Waals surface area contributed by atoms with Crippen molar-refractivity contribution in [3.63, 3.8) is 0 Å². The van der Waals surface area contributed by atoms with Crippen molar-refractivity contribution in [2.24, 2.45) is 12.8 Å². The predicted molar refractivity (Wildman–Crippen MR) is 55.3 cm³/mol. The van der Waals surface area contributed by atoms with Crippen LogP contribution >= 0.6 is 0 Å². The van der Waals surface area contributed by atoms with Crippen LogP contribution in [0.4, 0.5) is 0 Å². The van der Waals surface area contributed by atoms with Crippen molar-refractivity contribution in [3.8, 4) is 11.6 Å². The van der Waals surface area contributed by atoms with Gasteiger partial charge in [-0.3, -0.25) is 4.68 Å². The summed E-state index contributed by atoms with van der Waals surface area (Å²) in [5.41, 5.74) is 6.53. The fourth-order valence-corrected chi connectivity index (χ4v) is 1.33. The van der Waals surface area contributed by atoms with Crippen molar-refractivity contribution in [2.75, 3.05) is 13.7 Å². The highest BCUT2D eigenvalue weighted by Crippen LogP contribution is 2.17. The molecule has 7 nitrogen and oxygen atoms in total. The van der Waals surface area contributed by atoms with Crippen LogP contribution in [0.5, 0.6) is 0 Å². The first-order valence-electron chi connectivity index (χ1n) is 4.79. The molecular weight excluding hydrogens is 210 g/mol. The van der Waals surface area contributed by atoms with Gasteiger partial charge in [0.1, 0.15) is 5.69 Å². The number of hydrogen-bond donors (Lipinski definition) is 1. The molecule has 0 aliphatic rings. The molecule has 2 aromatic rings. The lowest BCUT2D eigenvalue weighted by Crippen LogP contribution is -2.17. The van der Waals surface area contributed by atoms with E-state index >= 15 is 0 Å². The molecule has 0 fully saturated rings. The summed E-state index contributed by atoms with van der Waals surface area (Å²) in [6, 6.07) is 1.41. The second-order valence-electron chi connectivity index (χ2n) is 3.36. The summed E-state index contributed by atoms with van der Waals surface area (Å²) in [6.45, 7) is 0.352. The quantitative estimate of drug-likeness (QED) is 0.791. The minimum Gasteiger partial charge on any atom is -0.383 e. The molecule has 7 heteroatoms. The van der Waals surface area contributed by atoms with E-state index in [2.05, 4.69) is 15.2 Å². The summed E-state index contributed by atoms with van der Waals surface area (Å²) in [4.78, 5) is 4.19. The molecule has 0 aromatic carbocycles. The Labute approximate surface area is 92.2 Å². The van der Waals surface area contributed by atoms with E-state index < -0.39 is 0 Å². The number of rotatable bonds is 4. The van der Waals surface area contributed by atoms with Crippen LogP contribution in [-0.2, 0) is 11.8 Å². The van der Waals surface area contributed by atoms with E-state index in [0.717, 1.165) is 5.69 Å². The van der Waals surface area contributed by atoms with Crippen LogP contribution in [0.3, 0.4) is 0 Å². The first kappa shape index (κ1) is 10.8. The summed E-state index contributed by atoms with van der Waals surface area (Å²) in [6.07, 6.45) is 1.66. The van der Waals surface area contributed by atoms with Gasteiger partial charge in [-0.15, -0.1) is 0 Å². The predicted octanol–water partition coefficient (Wildman–Crippen LogP) is 0.116. The third kappa shape index (κ3) is 1.95. The van der Waals surface area contributed by atoms with Crippen molar-refractivity contribution in [1.82, 2.24) is 19.9 Å². The molecule has 0 aliphatic heterocycles. The smallest absolute Gasteiger partial charge is 0.276 e. The highest BCUT2D eigenvalue weighted by atomic mass is 16.5. The number of ether oxygens (including phenoxy) is 1. The maximum Gasteiger partial charge on any atom is 0.276 e. The molecule has 1 atom stereocenters. The Balaban J connectivity index is 2.23. The third-order valence-corrected chi connectivity index (χ3v) is 2.16. The van der Waals surface area contributed by atoms with E-state index in [9.17, 15) is 0 Å². The lowest BCUT2D eigenvalue weighted by atomic mass is 10.3. The first-order chi connectivity index (χ1) is 7.72. The molecule has 0 saturated heterocycles. The number of methoxy groups -OCH3 is 1. The Kier molecular flexibility index (Phi) is 2.97. The fraction of sp³-hybridized carbons (Fsp3) is 0.444. The molecule has 0 spiro atoms. The van der Waals surface area contributed by atoms with Gasteiger partial charge >= 0.3 is 0 Å². The van der Waals surface area contributed by atoms with Gasteiger partial charge in [-0.2, -0.15) is 10.1 Å². The van der Waals surface area contributed by atoms with E-state index in [1.54, 1.807) is 31.1 Å². The van der Waals surface area contributed by atoms with Gasteiger partial charge in [0.05, 0.1) is 12.6 Å². The summed E-state index contributed by atoms with van der Waals surface area (Å²) in [7, 11) is 3.37. The molecule has 0 radical (unpaired) electrons. The van der Waals surface area contributed by atoms with Gasteiger partial charge in [0.25, 0.3) is 5.89 Å². The average molecular weight is 223 g/mol. The summed E-state index contributed by atoms with van der Waals surface area (Å²) in [5, 5.41) is 7.82. The van der Waals surface area contributed by atoms with E-state index in [1.165, 1.54) is 0 Å². The Morgan fingerprint density at radius 1 is 1.62 bits per heavy atom. The van der Waals surface area contributed by atoms with Gasteiger partial charge in [-0.05, 0) is 6.07 Å². The van der Waals surface area contributed by atoms with Crippen LogP contribution in [-0.4, -0.2) is 33.6 Å². The van der Waals surface area contributed by atoms with Crippen molar-refractivity contribution < 1.29 is 9.26 Å². The first-order valence-corrected chi connectivity index (χ1v) is 4.79. The van der Waals surface area contributed by atoms with E-state index in [0.29, 0.717) is 18.3 Å². The fourth-order valence-electron chi connectivity index (χ4n) is 1.33. The summed E-state index contributed by atoms with van der Waals surface area (Å²) < 4.78 is 11.7. The highest BCUT2D eigenvalue weighted by Gasteiger charge is 2.16. The van der Waals surface area contributed by atoms with Crippen molar-refractivity contribution in [3.05, 3.63) is 18.1 Å². The van der Waals surface area contributed by atoms with Crippen LogP contribution < -0.4 is 5.73 Å². The number of nitrogens with zero attached hydrogens (tertiary/aromatic N) is 4. The average Bonchev–Trinajstić information content (AvgIpc) is 2.86. The van der Waals surface area contributed by atoms with Crippen LogP contribution in [0.1, 0.15) is 11.9 Å². The number of hydrogen-bond acceptors (Lipinski definition) is 6. The lowest BCUT2D eigenvalue weighted by Gasteiger charge is -2.03. The van der Waals surface area contributed by atoms with Gasteiger partial charge in [0.2, 0.25) is 0 Å². The van der Waals surface area contributed by atoms with E-state index in [4.69, 9.17) is 15.0 Å². The molecule has 2 aromatic heterocycles. The summed E-state index contributed by atoms with van der Waals surface area (Å²) >= 11 is 0. The number of aromatic nitrogens is 4. The second kappa shape index (κ2) is 4.42. The second-order valence-corrected chi connectivity index (χ2v) is 3.36. The van der Waals surface area contributed by atoms with Gasteiger partial charge in [0.15, 0.2) is 5.82 Å². The topological polar surface area (TPSA) is 92.0 Å². The SMILES string of the molecule is COCC(N)c1noc(-c2ccnn2C)n1. The molecule has 1 unspecified atom stereocenters. The summed E-state index contributed by atoms with van der Waals surface area (Å²) in [5.74, 6) is 0.833. The maximum absolute atomic E-state index is 5.78. The van der Waals surface area contributed by atoms with Gasteiger partial charge < -0.3 is 15.0 Å². The van der Waals surface area contributed by atoms with Gasteiger partial charge in [-0.1, -0.05) is 5.16 Å². The Morgan fingerprint density at radius 2 is 2.44 bits per heavy atom. The van der Waals surface area contributed by atoms with Crippen molar-refractivity contribution in [1.29, 1.82) is 0 Å².